The van der Waals surface area contributed by atoms with Gasteiger partial charge in [-0.1, -0.05) is 0 Å². The number of carbonyl (C=O) groups is 2. The van der Waals surface area contributed by atoms with Gasteiger partial charge in [-0.25, -0.2) is 9.78 Å². The highest BCUT2D eigenvalue weighted by molar-refractivity contribution is 5.92. The first kappa shape index (κ1) is 24.8. The van der Waals surface area contributed by atoms with E-state index in [0.717, 1.165) is 10.9 Å². The zero-order valence-corrected chi connectivity index (χ0v) is 20.6. The molecule has 4 aromatic rings. The number of aliphatic carboxylic acids is 1. The third-order valence-corrected chi connectivity index (χ3v) is 5.81. The van der Waals surface area contributed by atoms with Crippen LogP contribution in [-0.2, 0) is 4.79 Å². The van der Waals surface area contributed by atoms with Crippen LogP contribution in [0.15, 0.2) is 53.1 Å². The van der Waals surface area contributed by atoms with Gasteiger partial charge in [0.25, 0.3) is 0 Å². The Labute approximate surface area is 208 Å². The average Bonchev–Trinajstić information content (AvgIpc) is 3.46. The molecule has 0 radical (unpaired) electrons. The van der Waals surface area contributed by atoms with E-state index < -0.39 is 12.0 Å². The molecule has 0 spiro atoms. The Bertz CT molecular complexity index is 1400. The molecule has 1 atom stereocenters. The molecule has 0 bridgehead atoms. The number of nitrogens with zero attached hydrogens (tertiary/aromatic N) is 2. The summed E-state index contributed by atoms with van der Waals surface area (Å²) in [5.74, 6) is 1.35. The minimum atomic E-state index is -0.881. The van der Waals surface area contributed by atoms with Crippen molar-refractivity contribution in [2.75, 3.05) is 20.3 Å². The fourth-order valence-corrected chi connectivity index (χ4v) is 3.89. The van der Waals surface area contributed by atoms with E-state index in [0.29, 0.717) is 54.0 Å². The van der Waals surface area contributed by atoms with Crippen LogP contribution >= 0.6 is 0 Å². The smallest absolute Gasteiger partial charge is 0.326 e. The van der Waals surface area contributed by atoms with Gasteiger partial charge in [0.2, 0.25) is 5.89 Å². The molecule has 2 aromatic heterocycles. The van der Waals surface area contributed by atoms with Crippen molar-refractivity contribution in [1.29, 1.82) is 0 Å². The molecule has 1 unspecified atom stereocenters. The standard InChI is InChI=1S/C27H28N2O7/c1-16-25(18(3)30)36-26(28-16)20-6-9-23(24(15-20)33-4)35-13-5-12-34-21-7-8-22-19(14-21)10-11-29(22)17(2)27(31)32/h6-11,14-15,17H,5,12-13H2,1-4H3,(H,31,32). The van der Waals surface area contributed by atoms with Crippen LogP contribution < -0.4 is 14.2 Å². The van der Waals surface area contributed by atoms with Crippen molar-refractivity contribution in [3.63, 3.8) is 0 Å². The predicted molar refractivity (Wildman–Crippen MR) is 133 cm³/mol. The number of ether oxygens (including phenoxy) is 3. The van der Waals surface area contributed by atoms with E-state index >= 15 is 0 Å². The van der Waals surface area contributed by atoms with E-state index in [-0.39, 0.29) is 11.5 Å². The molecule has 1 N–H and O–H groups in total. The number of benzene rings is 2. The van der Waals surface area contributed by atoms with Crippen LogP contribution in [0, 0.1) is 6.92 Å². The fraction of sp³-hybridized carbons (Fsp3) is 0.296. The Kier molecular flexibility index (Phi) is 7.28. The lowest BCUT2D eigenvalue weighted by atomic mass is 10.2. The van der Waals surface area contributed by atoms with Crippen molar-refractivity contribution in [3.8, 4) is 28.7 Å². The average molecular weight is 493 g/mol. The topological polar surface area (TPSA) is 113 Å². The summed E-state index contributed by atoms with van der Waals surface area (Å²) < 4.78 is 24.5. The van der Waals surface area contributed by atoms with Gasteiger partial charge in [0.1, 0.15) is 11.8 Å². The number of Topliss-reactive ketones (excluding diaryl/α,β-unsaturated/α-hetero) is 1. The molecule has 0 fully saturated rings. The summed E-state index contributed by atoms with van der Waals surface area (Å²) in [5.41, 5.74) is 2.07. The van der Waals surface area contributed by atoms with Gasteiger partial charge in [-0.15, -0.1) is 0 Å². The second kappa shape index (κ2) is 10.6. The largest absolute Gasteiger partial charge is 0.493 e. The molecule has 4 rings (SSSR count). The second-order valence-corrected chi connectivity index (χ2v) is 8.36. The van der Waals surface area contributed by atoms with Gasteiger partial charge in [0.15, 0.2) is 23.0 Å². The molecule has 0 aliphatic heterocycles. The van der Waals surface area contributed by atoms with Gasteiger partial charge in [-0.2, -0.15) is 0 Å². The molecular weight excluding hydrogens is 464 g/mol. The number of fused-ring (bicyclic) bond motifs is 1. The summed E-state index contributed by atoms with van der Waals surface area (Å²) in [7, 11) is 1.55. The Morgan fingerprint density at radius 2 is 1.86 bits per heavy atom. The van der Waals surface area contributed by atoms with Gasteiger partial charge in [-0.3, -0.25) is 4.79 Å². The minimum absolute atomic E-state index is 0.175. The van der Waals surface area contributed by atoms with E-state index in [4.69, 9.17) is 18.6 Å². The zero-order valence-electron chi connectivity index (χ0n) is 20.6. The number of hydrogen-bond acceptors (Lipinski definition) is 7. The van der Waals surface area contributed by atoms with E-state index in [9.17, 15) is 14.7 Å². The van der Waals surface area contributed by atoms with Crippen molar-refractivity contribution < 1.29 is 33.3 Å². The summed E-state index contributed by atoms with van der Waals surface area (Å²) in [6.07, 6.45) is 2.41. The number of ketones is 1. The molecule has 0 aliphatic carbocycles. The zero-order chi connectivity index (χ0) is 25.8. The van der Waals surface area contributed by atoms with E-state index in [2.05, 4.69) is 4.98 Å². The molecule has 0 saturated carbocycles. The first-order valence-electron chi connectivity index (χ1n) is 11.5. The van der Waals surface area contributed by atoms with Crippen molar-refractivity contribution in [2.24, 2.45) is 0 Å². The van der Waals surface area contributed by atoms with Crippen LogP contribution in [0.3, 0.4) is 0 Å². The lowest BCUT2D eigenvalue weighted by molar-refractivity contribution is -0.140. The van der Waals surface area contributed by atoms with Gasteiger partial charge in [0.05, 0.1) is 26.0 Å². The second-order valence-electron chi connectivity index (χ2n) is 8.36. The third-order valence-electron chi connectivity index (χ3n) is 5.81. The van der Waals surface area contributed by atoms with Gasteiger partial charge in [0, 0.05) is 36.0 Å². The molecular formula is C27H28N2O7. The molecule has 2 aromatic carbocycles. The lowest BCUT2D eigenvalue weighted by Gasteiger charge is -2.12. The highest BCUT2D eigenvalue weighted by Gasteiger charge is 2.17. The monoisotopic (exact) mass is 492 g/mol. The lowest BCUT2D eigenvalue weighted by Crippen LogP contribution is -2.14. The predicted octanol–water partition coefficient (Wildman–Crippen LogP) is 5.31. The van der Waals surface area contributed by atoms with Crippen LogP contribution in [0.5, 0.6) is 17.2 Å². The highest BCUT2D eigenvalue weighted by Crippen LogP contribution is 2.33. The number of hydrogen-bond donors (Lipinski definition) is 1. The summed E-state index contributed by atoms with van der Waals surface area (Å²) in [6, 6.07) is 12.2. The van der Waals surface area contributed by atoms with E-state index in [1.807, 2.05) is 24.3 Å². The van der Waals surface area contributed by atoms with Gasteiger partial charge in [-0.05, 0) is 56.3 Å². The Morgan fingerprint density at radius 3 is 2.56 bits per heavy atom. The summed E-state index contributed by atoms with van der Waals surface area (Å²) in [6.45, 7) is 5.68. The first-order valence-corrected chi connectivity index (χ1v) is 11.5. The molecule has 2 heterocycles. The fourth-order valence-electron chi connectivity index (χ4n) is 3.89. The molecule has 9 heteroatoms. The molecule has 0 saturated heterocycles. The molecule has 188 valence electrons. The quantitative estimate of drug-likeness (QED) is 0.221. The number of carboxylic acids is 1. The normalized spacial score (nSPS) is 11.9. The van der Waals surface area contributed by atoms with Crippen molar-refractivity contribution in [1.82, 2.24) is 9.55 Å². The molecule has 0 aliphatic rings. The number of carbonyl (C=O) groups excluding carboxylic acids is 1. The molecule has 9 nitrogen and oxygen atoms in total. The Morgan fingerprint density at radius 1 is 1.08 bits per heavy atom. The first-order chi connectivity index (χ1) is 17.3. The highest BCUT2D eigenvalue weighted by atomic mass is 16.5. The molecule has 36 heavy (non-hydrogen) atoms. The Hall–Kier alpha value is -4.27. The van der Waals surface area contributed by atoms with Crippen molar-refractivity contribution in [3.05, 3.63) is 60.1 Å². The van der Waals surface area contributed by atoms with Gasteiger partial charge >= 0.3 is 5.97 Å². The van der Waals surface area contributed by atoms with Crippen LogP contribution in [0.2, 0.25) is 0 Å². The van der Waals surface area contributed by atoms with Crippen LogP contribution in [0.25, 0.3) is 22.4 Å². The Balaban J connectivity index is 1.32. The number of carboxylic acid groups (broad SMARTS) is 1. The number of rotatable bonds is 11. The number of aromatic nitrogens is 2. The van der Waals surface area contributed by atoms with Crippen LogP contribution in [0.4, 0.5) is 0 Å². The minimum Gasteiger partial charge on any atom is -0.493 e. The SMILES string of the molecule is COc1cc(-c2nc(C)c(C(C)=O)o2)ccc1OCCCOc1ccc2c(ccn2C(C)C(=O)O)c1. The maximum Gasteiger partial charge on any atom is 0.326 e. The maximum absolute atomic E-state index is 11.6. The summed E-state index contributed by atoms with van der Waals surface area (Å²) in [5, 5.41) is 10.2. The van der Waals surface area contributed by atoms with Crippen LogP contribution in [-0.4, -0.2) is 46.7 Å². The van der Waals surface area contributed by atoms with Crippen molar-refractivity contribution in [2.45, 2.75) is 33.2 Å². The van der Waals surface area contributed by atoms with E-state index in [1.165, 1.54) is 6.92 Å². The van der Waals surface area contributed by atoms with Gasteiger partial charge < -0.3 is 28.3 Å². The number of methoxy groups -OCH3 is 1. The van der Waals surface area contributed by atoms with E-state index in [1.54, 1.807) is 49.9 Å². The van der Waals surface area contributed by atoms with Crippen molar-refractivity contribution >= 4 is 22.7 Å². The number of oxazole rings is 1. The maximum atomic E-state index is 11.6. The third kappa shape index (κ3) is 5.19. The number of aryl methyl sites for hydroxylation is 1. The summed E-state index contributed by atoms with van der Waals surface area (Å²) in [4.78, 5) is 27.3. The summed E-state index contributed by atoms with van der Waals surface area (Å²) >= 11 is 0. The van der Waals surface area contributed by atoms with Crippen LogP contribution in [0.1, 0.15) is 42.6 Å². The molecule has 0 amide bonds.